The van der Waals surface area contributed by atoms with Crippen molar-refractivity contribution in [3.05, 3.63) is 72.1 Å². The van der Waals surface area contributed by atoms with Crippen molar-refractivity contribution in [2.24, 2.45) is 0 Å². The number of hydrogen-bond donors (Lipinski definition) is 0. The number of nitrogens with zero attached hydrogens (tertiary/aromatic N) is 2. The average Bonchev–Trinajstić information content (AvgIpc) is 2.97. The normalized spacial score (nSPS) is 11.2. The van der Waals surface area contributed by atoms with Crippen LogP contribution in [0.4, 0.5) is 0 Å². The molecule has 0 N–H and O–H groups in total. The molecule has 2 aromatic carbocycles. The Labute approximate surface area is 158 Å². The van der Waals surface area contributed by atoms with Crippen molar-refractivity contribution < 1.29 is 9.53 Å². The minimum Gasteiger partial charge on any atom is -0.427 e. The predicted molar refractivity (Wildman–Crippen MR) is 108 cm³/mol. The Morgan fingerprint density at radius 3 is 2.67 bits per heavy atom. The molecule has 0 saturated heterocycles. The van der Waals surface area contributed by atoms with Gasteiger partial charge in [-0.3, -0.25) is 9.78 Å². The SMILES string of the molecule is CC(=O)Oc1ccc2c3ccnc(C)c3n(CCCc3ccccc3)c2c1. The van der Waals surface area contributed by atoms with Crippen LogP contribution in [0.15, 0.2) is 60.8 Å². The monoisotopic (exact) mass is 358 g/mol. The molecule has 27 heavy (non-hydrogen) atoms. The van der Waals surface area contributed by atoms with Crippen LogP contribution in [0, 0.1) is 6.92 Å². The lowest BCUT2D eigenvalue weighted by Gasteiger charge is -2.10. The van der Waals surface area contributed by atoms with Gasteiger partial charge >= 0.3 is 5.97 Å². The van der Waals surface area contributed by atoms with E-state index in [4.69, 9.17) is 4.74 Å². The maximum Gasteiger partial charge on any atom is 0.308 e. The van der Waals surface area contributed by atoms with Crippen molar-refractivity contribution in [2.75, 3.05) is 0 Å². The summed E-state index contributed by atoms with van der Waals surface area (Å²) in [5.74, 6) is 0.270. The van der Waals surface area contributed by atoms with Gasteiger partial charge in [-0.2, -0.15) is 0 Å². The molecule has 0 unspecified atom stereocenters. The summed E-state index contributed by atoms with van der Waals surface area (Å²) >= 11 is 0. The van der Waals surface area contributed by atoms with Crippen molar-refractivity contribution in [3.63, 3.8) is 0 Å². The van der Waals surface area contributed by atoms with Gasteiger partial charge in [0.05, 0.1) is 16.7 Å². The number of aryl methyl sites for hydroxylation is 3. The first-order chi connectivity index (χ1) is 13.1. The molecular formula is C23H22N2O2. The molecule has 4 rings (SSSR count). The van der Waals surface area contributed by atoms with Crippen LogP contribution in [0.3, 0.4) is 0 Å². The number of hydrogen-bond acceptors (Lipinski definition) is 3. The van der Waals surface area contributed by atoms with E-state index in [9.17, 15) is 4.79 Å². The van der Waals surface area contributed by atoms with E-state index in [0.29, 0.717) is 5.75 Å². The summed E-state index contributed by atoms with van der Waals surface area (Å²) in [5, 5.41) is 2.35. The van der Waals surface area contributed by atoms with Gasteiger partial charge in [-0.15, -0.1) is 0 Å². The lowest BCUT2D eigenvalue weighted by Crippen LogP contribution is -2.03. The standard InChI is InChI=1S/C23H22N2O2/c1-16-23-21(12-13-24-16)20-11-10-19(27-17(2)26)15-22(20)25(23)14-6-9-18-7-4-3-5-8-18/h3-5,7-8,10-13,15H,6,9,14H2,1-2H3. The van der Waals surface area contributed by atoms with Crippen LogP contribution in [0.2, 0.25) is 0 Å². The van der Waals surface area contributed by atoms with Crippen LogP contribution < -0.4 is 4.74 Å². The minimum absolute atomic E-state index is 0.307. The molecule has 0 bridgehead atoms. The number of ether oxygens (including phenoxy) is 1. The van der Waals surface area contributed by atoms with Crippen molar-refractivity contribution in [1.82, 2.24) is 9.55 Å². The molecule has 136 valence electrons. The molecule has 0 radical (unpaired) electrons. The quantitative estimate of drug-likeness (QED) is 0.370. The van der Waals surface area contributed by atoms with E-state index in [-0.39, 0.29) is 5.97 Å². The second kappa shape index (κ2) is 7.23. The minimum atomic E-state index is -0.307. The highest BCUT2D eigenvalue weighted by Crippen LogP contribution is 2.33. The number of esters is 1. The summed E-state index contributed by atoms with van der Waals surface area (Å²) in [4.78, 5) is 15.8. The summed E-state index contributed by atoms with van der Waals surface area (Å²) in [6.07, 6.45) is 3.89. The van der Waals surface area contributed by atoms with Gasteiger partial charge in [-0.1, -0.05) is 30.3 Å². The van der Waals surface area contributed by atoms with E-state index in [1.165, 1.54) is 17.9 Å². The van der Waals surface area contributed by atoms with Crippen LogP contribution >= 0.6 is 0 Å². The van der Waals surface area contributed by atoms with Gasteiger partial charge < -0.3 is 9.30 Å². The fraction of sp³-hybridized carbons (Fsp3) is 0.217. The number of pyridine rings is 1. The third-order valence-electron chi connectivity index (χ3n) is 4.88. The Morgan fingerprint density at radius 2 is 1.89 bits per heavy atom. The molecule has 0 aliphatic carbocycles. The van der Waals surface area contributed by atoms with Gasteiger partial charge in [0.15, 0.2) is 0 Å². The summed E-state index contributed by atoms with van der Waals surface area (Å²) < 4.78 is 7.62. The molecule has 0 spiro atoms. The zero-order valence-corrected chi connectivity index (χ0v) is 15.6. The smallest absolute Gasteiger partial charge is 0.308 e. The Kier molecular flexibility index (Phi) is 4.63. The van der Waals surface area contributed by atoms with Crippen molar-refractivity contribution >= 4 is 27.8 Å². The first-order valence-corrected chi connectivity index (χ1v) is 9.23. The molecule has 0 saturated carbocycles. The number of carbonyl (C=O) groups excluding carboxylic acids is 1. The Morgan fingerprint density at radius 1 is 1.07 bits per heavy atom. The van der Waals surface area contributed by atoms with Crippen molar-refractivity contribution in [2.45, 2.75) is 33.2 Å². The summed E-state index contributed by atoms with van der Waals surface area (Å²) in [6.45, 7) is 4.35. The molecule has 0 aliphatic heterocycles. The molecule has 0 aliphatic rings. The van der Waals surface area contributed by atoms with E-state index in [1.807, 2.05) is 37.4 Å². The van der Waals surface area contributed by atoms with Crippen LogP contribution in [-0.4, -0.2) is 15.5 Å². The molecule has 0 amide bonds. The average molecular weight is 358 g/mol. The lowest BCUT2D eigenvalue weighted by atomic mass is 10.1. The fourth-order valence-electron chi connectivity index (χ4n) is 3.75. The van der Waals surface area contributed by atoms with Gasteiger partial charge in [0.2, 0.25) is 0 Å². The van der Waals surface area contributed by atoms with Crippen LogP contribution in [-0.2, 0) is 17.8 Å². The molecular weight excluding hydrogens is 336 g/mol. The van der Waals surface area contributed by atoms with E-state index in [2.05, 4.69) is 39.9 Å². The zero-order valence-electron chi connectivity index (χ0n) is 15.6. The lowest BCUT2D eigenvalue weighted by molar-refractivity contribution is -0.131. The maximum absolute atomic E-state index is 11.4. The molecule has 0 atom stereocenters. The van der Waals surface area contributed by atoms with Crippen LogP contribution in [0.25, 0.3) is 21.8 Å². The van der Waals surface area contributed by atoms with Crippen LogP contribution in [0.5, 0.6) is 5.75 Å². The third-order valence-corrected chi connectivity index (χ3v) is 4.88. The topological polar surface area (TPSA) is 44.1 Å². The Balaban J connectivity index is 1.76. The van der Waals surface area contributed by atoms with Crippen molar-refractivity contribution in [1.29, 1.82) is 0 Å². The summed E-state index contributed by atoms with van der Waals surface area (Å²) in [7, 11) is 0. The Bertz CT molecular complexity index is 1110. The first kappa shape index (κ1) is 17.3. The number of rotatable bonds is 5. The maximum atomic E-state index is 11.4. The number of carbonyl (C=O) groups is 1. The van der Waals surface area contributed by atoms with Gasteiger partial charge in [0.1, 0.15) is 5.75 Å². The summed E-state index contributed by atoms with van der Waals surface area (Å²) in [5.41, 5.74) is 4.58. The number of aromatic nitrogens is 2. The van der Waals surface area contributed by atoms with Crippen LogP contribution in [0.1, 0.15) is 24.6 Å². The second-order valence-electron chi connectivity index (χ2n) is 6.81. The highest BCUT2D eigenvalue weighted by atomic mass is 16.5. The largest absolute Gasteiger partial charge is 0.427 e. The zero-order chi connectivity index (χ0) is 18.8. The van der Waals surface area contributed by atoms with E-state index < -0.39 is 0 Å². The molecule has 4 nitrogen and oxygen atoms in total. The van der Waals surface area contributed by atoms with E-state index >= 15 is 0 Å². The molecule has 0 fully saturated rings. The number of benzene rings is 2. The van der Waals surface area contributed by atoms with Gasteiger partial charge in [-0.25, -0.2) is 0 Å². The second-order valence-corrected chi connectivity index (χ2v) is 6.81. The number of fused-ring (bicyclic) bond motifs is 3. The fourth-order valence-corrected chi connectivity index (χ4v) is 3.75. The first-order valence-electron chi connectivity index (χ1n) is 9.23. The highest BCUT2D eigenvalue weighted by molar-refractivity contribution is 6.09. The Hall–Kier alpha value is -3.14. The van der Waals surface area contributed by atoms with Gasteiger partial charge in [0, 0.05) is 36.5 Å². The van der Waals surface area contributed by atoms with Gasteiger partial charge in [0.25, 0.3) is 0 Å². The van der Waals surface area contributed by atoms with E-state index in [0.717, 1.165) is 41.5 Å². The van der Waals surface area contributed by atoms with E-state index in [1.54, 1.807) is 0 Å². The highest BCUT2D eigenvalue weighted by Gasteiger charge is 2.14. The molecule has 4 heteroatoms. The molecule has 2 heterocycles. The molecule has 4 aromatic rings. The van der Waals surface area contributed by atoms with Gasteiger partial charge in [-0.05, 0) is 43.5 Å². The summed E-state index contributed by atoms with van der Waals surface area (Å²) in [6, 6.07) is 18.4. The van der Waals surface area contributed by atoms with Crippen molar-refractivity contribution in [3.8, 4) is 5.75 Å². The molecule has 2 aromatic heterocycles. The third kappa shape index (κ3) is 3.43. The predicted octanol–water partition coefficient (Wildman–Crippen LogP) is 5.06.